The fourth-order valence-corrected chi connectivity index (χ4v) is 1.79. The average molecular weight is 159 g/mol. The zero-order valence-corrected chi connectivity index (χ0v) is 7.03. The zero-order valence-electron chi connectivity index (χ0n) is 6.13. The van der Waals surface area contributed by atoms with Gasteiger partial charge in [-0.2, -0.15) is 0 Å². The van der Waals surface area contributed by atoms with Crippen LogP contribution in [0.4, 0.5) is 0 Å². The molecule has 1 saturated heterocycles. The highest BCUT2D eigenvalue weighted by Crippen LogP contribution is 2.20. The second-order valence-electron chi connectivity index (χ2n) is 2.73. The van der Waals surface area contributed by atoms with Gasteiger partial charge in [-0.1, -0.05) is 13.3 Å². The molecule has 0 aromatic carbocycles. The van der Waals surface area contributed by atoms with Crippen molar-refractivity contribution in [2.45, 2.75) is 25.8 Å². The Bertz CT molecular complexity index is 138. The van der Waals surface area contributed by atoms with Gasteiger partial charge in [-0.05, 0) is 18.9 Å². The molecule has 0 bridgehead atoms. The van der Waals surface area contributed by atoms with Gasteiger partial charge in [0.15, 0.2) is 0 Å². The van der Waals surface area contributed by atoms with Gasteiger partial charge < -0.3 is 5.32 Å². The number of thiol groups is 1. The third-order valence-corrected chi connectivity index (χ3v) is 2.42. The predicted molar refractivity (Wildman–Crippen MR) is 44.2 cm³/mol. The van der Waals surface area contributed by atoms with Crippen LogP contribution < -0.4 is 5.32 Å². The Kier molecular flexibility index (Phi) is 2.74. The molecule has 1 fully saturated rings. The summed E-state index contributed by atoms with van der Waals surface area (Å²) in [6.45, 7) is 3.08. The lowest BCUT2D eigenvalue weighted by atomic mass is 9.99. The minimum atomic E-state index is -0.00986. The van der Waals surface area contributed by atoms with Crippen molar-refractivity contribution < 1.29 is 4.79 Å². The SMILES string of the molecule is CC[C@@H]1CCN[C@H]1C(=O)S. The largest absolute Gasteiger partial charge is 0.306 e. The van der Waals surface area contributed by atoms with E-state index < -0.39 is 0 Å². The van der Waals surface area contributed by atoms with E-state index in [0.29, 0.717) is 5.92 Å². The standard InChI is InChI=1S/C7H13NOS/c1-2-5-3-4-8-6(5)7(9)10/h5-6,8H,2-4H2,1H3,(H,9,10)/t5-,6-/m1/s1. The molecule has 2 nitrogen and oxygen atoms in total. The van der Waals surface area contributed by atoms with E-state index in [9.17, 15) is 4.79 Å². The number of nitrogens with one attached hydrogen (secondary N) is 1. The lowest BCUT2D eigenvalue weighted by Crippen LogP contribution is -2.32. The van der Waals surface area contributed by atoms with Gasteiger partial charge >= 0.3 is 0 Å². The van der Waals surface area contributed by atoms with Crippen molar-refractivity contribution in [3.8, 4) is 0 Å². The molecule has 1 aliphatic heterocycles. The van der Waals surface area contributed by atoms with E-state index >= 15 is 0 Å². The highest BCUT2D eigenvalue weighted by molar-refractivity contribution is 7.96. The first-order chi connectivity index (χ1) is 4.75. The van der Waals surface area contributed by atoms with E-state index in [0.717, 1.165) is 19.4 Å². The summed E-state index contributed by atoms with van der Waals surface area (Å²) in [5.74, 6) is 0.519. The van der Waals surface area contributed by atoms with Crippen molar-refractivity contribution in [2.75, 3.05) is 6.54 Å². The third-order valence-electron chi connectivity index (χ3n) is 2.14. The Morgan fingerprint density at radius 1 is 1.80 bits per heavy atom. The van der Waals surface area contributed by atoms with Gasteiger partial charge in [0, 0.05) is 0 Å². The first-order valence-corrected chi connectivity index (χ1v) is 4.16. The van der Waals surface area contributed by atoms with Crippen LogP contribution >= 0.6 is 12.6 Å². The first-order valence-electron chi connectivity index (χ1n) is 3.72. The molecule has 10 heavy (non-hydrogen) atoms. The van der Waals surface area contributed by atoms with Gasteiger partial charge in [0.2, 0.25) is 5.12 Å². The Morgan fingerprint density at radius 2 is 2.50 bits per heavy atom. The Balaban J connectivity index is 2.50. The average Bonchev–Trinajstić information content (AvgIpc) is 2.33. The minimum Gasteiger partial charge on any atom is -0.306 e. The third kappa shape index (κ3) is 1.52. The molecule has 0 radical (unpaired) electrons. The molecule has 1 aliphatic rings. The molecule has 1 N–H and O–H groups in total. The number of carbonyl (C=O) groups excluding carboxylic acids is 1. The number of hydrogen-bond acceptors (Lipinski definition) is 2. The molecule has 1 heterocycles. The van der Waals surface area contributed by atoms with E-state index in [1.54, 1.807) is 0 Å². The quantitative estimate of drug-likeness (QED) is 0.584. The number of hydrogen-bond donors (Lipinski definition) is 2. The summed E-state index contributed by atoms with van der Waals surface area (Å²) in [5, 5.41) is 3.12. The van der Waals surface area contributed by atoms with Crippen LogP contribution in [0.25, 0.3) is 0 Å². The van der Waals surface area contributed by atoms with Crippen LogP contribution in [0.15, 0.2) is 0 Å². The maximum Gasteiger partial charge on any atom is 0.203 e. The second kappa shape index (κ2) is 3.39. The molecule has 2 atom stereocenters. The maximum absolute atomic E-state index is 10.8. The van der Waals surface area contributed by atoms with Crippen LogP contribution in [0.3, 0.4) is 0 Å². The van der Waals surface area contributed by atoms with Crippen molar-refractivity contribution >= 4 is 17.7 Å². The van der Waals surface area contributed by atoms with Gasteiger partial charge in [0.1, 0.15) is 0 Å². The second-order valence-corrected chi connectivity index (χ2v) is 3.17. The van der Waals surface area contributed by atoms with Crippen molar-refractivity contribution in [2.24, 2.45) is 5.92 Å². The van der Waals surface area contributed by atoms with Crippen LogP contribution in [0.2, 0.25) is 0 Å². The normalized spacial score (nSPS) is 32.6. The van der Waals surface area contributed by atoms with Crippen molar-refractivity contribution in [1.29, 1.82) is 0 Å². The van der Waals surface area contributed by atoms with E-state index in [4.69, 9.17) is 0 Å². The van der Waals surface area contributed by atoms with E-state index in [2.05, 4.69) is 24.9 Å². The molecule has 0 aromatic rings. The van der Waals surface area contributed by atoms with Gasteiger partial charge in [0.25, 0.3) is 0 Å². The van der Waals surface area contributed by atoms with Crippen molar-refractivity contribution in [3.63, 3.8) is 0 Å². The smallest absolute Gasteiger partial charge is 0.203 e. The molecular formula is C7H13NOS. The molecule has 58 valence electrons. The highest BCUT2D eigenvalue weighted by atomic mass is 32.1. The maximum atomic E-state index is 10.8. The van der Waals surface area contributed by atoms with Gasteiger partial charge in [-0.15, -0.1) is 12.6 Å². The fourth-order valence-electron chi connectivity index (χ4n) is 1.49. The summed E-state index contributed by atoms with van der Waals surface area (Å²) in [5.41, 5.74) is 0. The Hall–Kier alpha value is -0.0200. The summed E-state index contributed by atoms with van der Waals surface area (Å²) >= 11 is 3.81. The molecule has 3 heteroatoms. The molecule has 0 spiro atoms. The summed E-state index contributed by atoms with van der Waals surface area (Å²) < 4.78 is 0. The minimum absolute atomic E-state index is 0.00986. The monoisotopic (exact) mass is 159 g/mol. The van der Waals surface area contributed by atoms with Crippen molar-refractivity contribution in [1.82, 2.24) is 5.32 Å². The summed E-state index contributed by atoms with van der Waals surface area (Å²) in [6, 6.07) is 0.0216. The van der Waals surface area contributed by atoms with Crippen LogP contribution in [0.5, 0.6) is 0 Å². The summed E-state index contributed by atoms with van der Waals surface area (Å²) in [4.78, 5) is 10.8. The topological polar surface area (TPSA) is 29.1 Å². The summed E-state index contributed by atoms with van der Waals surface area (Å²) in [6.07, 6.45) is 2.19. The van der Waals surface area contributed by atoms with Crippen LogP contribution in [-0.2, 0) is 4.79 Å². The number of rotatable bonds is 2. The van der Waals surface area contributed by atoms with Gasteiger partial charge in [-0.3, -0.25) is 4.79 Å². The van der Waals surface area contributed by atoms with E-state index in [1.165, 1.54) is 0 Å². The first kappa shape index (κ1) is 8.08. The number of carbonyl (C=O) groups is 1. The zero-order chi connectivity index (χ0) is 7.56. The van der Waals surface area contributed by atoms with Crippen LogP contribution in [-0.4, -0.2) is 17.7 Å². The van der Waals surface area contributed by atoms with E-state index in [-0.39, 0.29) is 11.2 Å². The molecular weight excluding hydrogens is 146 g/mol. The molecule has 0 amide bonds. The predicted octanol–water partition coefficient (Wildman–Crippen LogP) is 0.831. The Morgan fingerprint density at radius 3 is 2.90 bits per heavy atom. The fraction of sp³-hybridized carbons (Fsp3) is 0.857. The Labute approximate surface area is 66.8 Å². The molecule has 0 saturated carbocycles. The van der Waals surface area contributed by atoms with Crippen LogP contribution in [0, 0.1) is 5.92 Å². The van der Waals surface area contributed by atoms with E-state index in [1.807, 2.05) is 0 Å². The molecule has 1 rings (SSSR count). The van der Waals surface area contributed by atoms with Crippen molar-refractivity contribution in [3.05, 3.63) is 0 Å². The molecule has 0 unspecified atom stereocenters. The van der Waals surface area contributed by atoms with Crippen LogP contribution in [0.1, 0.15) is 19.8 Å². The van der Waals surface area contributed by atoms with Gasteiger partial charge in [-0.25, -0.2) is 0 Å². The lowest BCUT2D eigenvalue weighted by Gasteiger charge is -2.12. The van der Waals surface area contributed by atoms with Gasteiger partial charge in [0.05, 0.1) is 6.04 Å². The summed E-state index contributed by atoms with van der Waals surface area (Å²) in [7, 11) is 0. The lowest BCUT2D eigenvalue weighted by molar-refractivity contribution is -0.113. The molecule has 0 aliphatic carbocycles. The molecule has 0 aromatic heterocycles. The highest BCUT2D eigenvalue weighted by Gasteiger charge is 2.28.